The molecule has 0 saturated carbocycles. The number of rotatable bonds is 7. The molecule has 1 aromatic carbocycles. The van der Waals surface area contributed by atoms with Crippen LogP contribution in [-0.2, 0) is 20.2 Å². The lowest BCUT2D eigenvalue weighted by Crippen LogP contribution is -2.30. The second kappa shape index (κ2) is 6.39. The van der Waals surface area contributed by atoms with Gasteiger partial charge in [-0.2, -0.15) is 13.1 Å². The van der Waals surface area contributed by atoms with Crippen LogP contribution < -0.4 is 19.3 Å². The molecule has 0 fully saturated rings. The van der Waals surface area contributed by atoms with Gasteiger partial charge in [0, 0.05) is 6.54 Å². The molecule has 4 N–H and O–H groups in total. The van der Waals surface area contributed by atoms with Gasteiger partial charge in [0.25, 0.3) is 10.2 Å². The number of nitrogens with two attached hydrogens (primary N) is 1. The first-order valence-corrected chi connectivity index (χ1v) is 8.71. The second-order valence-electron chi connectivity index (χ2n) is 3.91. The van der Waals surface area contributed by atoms with Crippen LogP contribution in [0.3, 0.4) is 0 Å². The van der Waals surface area contributed by atoms with E-state index in [4.69, 9.17) is 9.88 Å². The Morgan fingerprint density at radius 2 is 1.90 bits per heavy atom. The molecule has 0 aliphatic carbocycles. The molecule has 0 aromatic heterocycles. The molecule has 8 nitrogen and oxygen atoms in total. The van der Waals surface area contributed by atoms with Crippen molar-refractivity contribution in [2.24, 2.45) is 5.14 Å². The average Bonchev–Trinajstić information content (AvgIpc) is 2.35. The lowest BCUT2D eigenvalue weighted by Gasteiger charge is -2.11. The van der Waals surface area contributed by atoms with E-state index in [1.807, 2.05) is 6.92 Å². The highest BCUT2D eigenvalue weighted by Gasteiger charge is 2.17. The number of primary sulfonamides is 1. The first kappa shape index (κ1) is 16.7. The molecule has 0 bridgehead atoms. The summed E-state index contributed by atoms with van der Waals surface area (Å²) in [4.78, 5) is -0.296. The van der Waals surface area contributed by atoms with E-state index in [-0.39, 0.29) is 22.9 Å². The molecule has 1 aromatic rings. The predicted octanol–water partition coefficient (Wildman–Crippen LogP) is -0.00110. The van der Waals surface area contributed by atoms with Gasteiger partial charge in [-0.15, -0.1) is 0 Å². The molecule has 1 rings (SSSR count). The summed E-state index contributed by atoms with van der Waals surface area (Å²) >= 11 is 0. The Hall–Kier alpha value is -1.36. The maximum absolute atomic E-state index is 11.6. The Morgan fingerprint density at radius 3 is 2.40 bits per heavy atom. The summed E-state index contributed by atoms with van der Waals surface area (Å²) < 4.78 is 55.5. The molecule has 10 heteroatoms. The zero-order valence-corrected chi connectivity index (χ0v) is 12.7. The van der Waals surface area contributed by atoms with Crippen LogP contribution in [0.15, 0.2) is 23.1 Å². The van der Waals surface area contributed by atoms with E-state index < -0.39 is 20.2 Å². The molecular weight excluding hydrogens is 306 g/mol. The Labute approximate surface area is 118 Å². The van der Waals surface area contributed by atoms with E-state index >= 15 is 0 Å². The number of methoxy groups -OCH3 is 1. The van der Waals surface area contributed by atoms with Crippen LogP contribution >= 0.6 is 0 Å². The number of anilines is 1. The standard InChI is InChI=1S/C10H17N3O5S2/c1-3-6-12-20(16,17)13-8-4-5-9(18-2)10(7-8)19(11,14)15/h4-5,7,12-13H,3,6H2,1-2H3,(H2,11,14,15). The topological polar surface area (TPSA) is 128 Å². The van der Waals surface area contributed by atoms with Crippen LogP contribution in [0, 0.1) is 0 Å². The summed E-state index contributed by atoms with van der Waals surface area (Å²) in [5, 5.41) is 5.05. The minimum Gasteiger partial charge on any atom is -0.495 e. The molecule has 0 aliphatic heterocycles. The van der Waals surface area contributed by atoms with Crippen LogP contribution in [-0.4, -0.2) is 30.5 Å². The molecule has 0 unspecified atom stereocenters. The maximum Gasteiger partial charge on any atom is 0.299 e. The van der Waals surface area contributed by atoms with E-state index in [1.54, 1.807) is 0 Å². The van der Waals surface area contributed by atoms with Gasteiger partial charge in [0.2, 0.25) is 10.0 Å². The molecule has 0 atom stereocenters. The van der Waals surface area contributed by atoms with E-state index in [0.29, 0.717) is 6.42 Å². The highest BCUT2D eigenvalue weighted by molar-refractivity contribution is 7.90. The fourth-order valence-electron chi connectivity index (χ4n) is 1.39. The van der Waals surface area contributed by atoms with Crippen molar-refractivity contribution in [2.45, 2.75) is 18.2 Å². The number of hydrogen-bond acceptors (Lipinski definition) is 5. The summed E-state index contributed by atoms with van der Waals surface area (Å²) in [6, 6.07) is 3.79. The minimum atomic E-state index is -4.02. The number of sulfonamides is 1. The van der Waals surface area contributed by atoms with E-state index in [2.05, 4.69) is 9.44 Å². The van der Waals surface area contributed by atoms with Gasteiger partial charge in [0.1, 0.15) is 10.6 Å². The lowest BCUT2D eigenvalue weighted by molar-refractivity contribution is 0.403. The largest absolute Gasteiger partial charge is 0.495 e. The molecule has 114 valence electrons. The third kappa shape index (κ3) is 4.63. The van der Waals surface area contributed by atoms with Crippen molar-refractivity contribution in [3.8, 4) is 5.75 Å². The monoisotopic (exact) mass is 323 g/mol. The van der Waals surface area contributed by atoms with Crippen molar-refractivity contribution in [3.63, 3.8) is 0 Å². The zero-order chi connectivity index (χ0) is 15.4. The van der Waals surface area contributed by atoms with Gasteiger partial charge in [0.05, 0.1) is 12.8 Å². The number of benzene rings is 1. The Bertz CT molecular complexity index is 670. The summed E-state index contributed by atoms with van der Waals surface area (Å²) in [6.07, 6.45) is 0.631. The van der Waals surface area contributed by atoms with Crippen molar-refractivity contribution in [1.29, 1.82) is 0 Å². The van der Waals surface area contributed by atoms with Gasteiger partial charge < -0.3 is 4.74 Å². The van der Waals surface area contributed by atoms with E-state index in [9.17, 15) is 16.8 Å². The molecule has 0 saturated heterocycles. The van der Waals surface area contributed by atoms with Gasteiger partial charge >= 0.3 is 0 Å². The molecule has 0 radical (unpaired) electrons. The quantitative estimate of drug-likeness (QED) is 0.650. The summed E-state index contributed by atoms with van der Waals surface area (Å²) in [6.45, 7) is 2.09. The van der Waals surface area contributed by atoms with Gasteiger partial charge in [-0.25, -0.2) is 13.6 Å². The Balaban J connectivity index is 3.11. The molecule has 0 amide bonds. The molecule has 20 heavy (non-hydrogen) atoms. The first-order valence-electron chi connectivity index (χ1n) is 5.68. The van der Waals surface area contributed by atoms with Crippen molar-refractivity contribution >= 4 is 25.9 Å². The third-order valence-electron chi connectivity index (χ3n) is 2.26. The Kier molecular flexibility index (Phi) is 5.34. The van der Waals surface area contributed by atoms with Gasteiger partial charge in [-0.3, -0.25) is 4.72 Å². The molecule has 0 aliphatic rings. The van der Waals surface area contributed by atoms with Crippen molar-refractivity contribution in [3.05, 3.63) is 18.2 Å². The van der Waals surface area contributed by atoms with Crippen molar-refractivity contribution in [1.82, 2.24) is 4.72 Å². The van der Waals surface area contributed by atoms with Crippen molar-refractivity contribution < 1.29 is 21.6 Å². The normalized spacial score (nSPS) is 12.2. The number of hydrogen-bond donors (Lipinski definition) is 3. The first-order chi connectivity index (χ1) is 9.19. The fraction of sp³-hybridized carbons (Fsp3) is 0.400. The van der Waals surface area contributed by atoms with Crippen LogP contribution in [0.2, 0.25) is 0 Å². The Morgan fingerprint density at radius 1 is 1.25 bits per heavy atom. The van der Waals surface area contributed by atoms with E-state index in [0.717, 1.165) is 6.07 Å². The lowest BCUT2D eigenvalue weighted by atomic mass is 10.3. The molecule has 0 spiro atoms. The number of ether oxygens (including phenoxy) is 1. The smallest absolute Gasteiger partial charge is 0.299 e. The van der Waals surface area contributed by atoms with E-state index in [1.165, 1.54) is 19.2 Å². The summed E-state index contributed by atoms with van der Waals surface area (Å²) in [5.74, 6) is 0.0389. The molecular formula is C10H17N3O5S2. The average molecular weight is 323 g/mol. The van der Waals surface area contributed by atoms with Crippen molar-refractivity contribution in [2.75, 3.05) is 18.4 Å². The third-order valence-corrected chi connectivity index (χ3v) is 4.29. The van der Waals surface area contributed by atoms with Crippen LogP contribution in [0.5, 0.6) is 5.75 Å². The highest BCUT2D eigenvalue weighted by atomic mass is 32.2. The molecule has 0 heterocycles. The summed E-state index contributed by atoms with van der Waals surface area (Å²) in [7, 11) is -6.49. The van der Waals surface area contributed by atoms with Gasteiger partial charge in [0.15, 0.2) is 0 Å². The van der Waals surface area contributed by atoms with Gasteiger partial charge in [-0.1, -0.05) is 6.92 Å². The predicted molar refractivity (Wildman–Crippen MR) is 75.2 cm³/mol. The fourth-order valence-corrected chi connectivity index (χ4v) is 3.10. The van der Waals surface area contributed by atoms with Crippen LogP contribution in [0.4, 0.5) is 5.69 Å². The minimum absolute atomic E-state index is 0.0389. The summed E-state index contributed by atoms with van der Waals surface area (Å²) in [5.41, 5.74) is 0.0680. The maximum atomic E-state index is 11.6. The second-order valence-corrected chi connectivity index (χ2v) is 6.94. The zero-order valence-electron chi connectivity index (χ0n) is 11.1. The van der Waals surface area contributed by atoms with Crippen LogP contribution in [0.25, 0.3) is 0 Å². The SMILES string of the molecule is CCCNS(=O)(=O)Nc1ccc(OC)c(S(N)(=O)=O)c1. The van der Waals surface area contributed by atoms with Crippen LogP contribution in [0.1, 0.15) is 13.3 Å². The van der Waals surface area contributed by atoms with Gasteiger partial charge in [-0.05, 0) is 24.6 Å². The highest BCUT2D eigenvalue weighted by Crippen LogP contribution is 2.26. The number of nitrogens with one attached hydrogen (secondary N) is 2.